The van der Waals surface area contributed by atoms with E-state index in [1.165, 1.54) is 23.2 Å². The van der Waals surface area contributed by atoms with Crippen molar-refractivity contribution < 1.29 is 22.7 Å². The lowest BCUT2D eigenvalue weighted by atomic mass is 10.1. The topological polar surface area (TPSA) is 106 Å². The van der Waals surface area contributed by atoms with Crippen LogP contribution in [-0.4, -0.2) is 49.8 Å². The molecule has 0 aliphatic carbocycles. The van der Waals surface area contributed by atoms with E-state index in [4.69, 9.17) is 21.1 Å². The van der Waals surface area contributed by atoms with Gasteiger partial charge in [-0.25, -0.2) is 13.2 Å². The molecule has 10 heteroatoms. The van der Waals surface area contributed by atoms with Gasteiger partial charge in [0.1, 0.15) is 17.6 Å². The second-order valence-corrected chi connectivity index (χ2v) is 10.1. The van der Waals surface area contributed by atoms with Crippen LogP contribution in [-0.2, 0) is 9.84 Å². The van der Waals surface area contributed by atoms with Gasteiger partial charge in [-0.15, -0.1) is 0 Å². The maximum atomic E-state index is 12.5. The number of benzene rings is 2. The van der Waals surface area contributed by atoms with Crippen molar-refractivity contribution in [3.8, 4) is 22.6 Å². The van der Waals surface area contributed by atoms with E-state index < -0.39 is 15.9 Å². The first-order valence-corrected chi connectivity index (χ1v) is 12.4. The van der Waals surface area contributed by atoms with Crippen LogP contribution in [0.25, 0.3) is 11.1 Å². The zero-order chi connectivity index (χ0) is 23.6. The number of sulfone groups is 1. The fraction of sp³-hybridized carbons (Fsp3) is 0.217. The average Bonchev–Trinajstić information content (AvgIpc) is 3.24. The molecule has 1 aliphatic heterocycles. The van der Waals surface area contributed by atoms with Gasteiger partial charge in [-0.1, -0.05) is 23.7 Å². The maximum absolute atomic E-state index is 12.5. The van der Waals surface area contributed by atoms with E-state index in [2.05, 4.69) is 4.98 Å². The highest BCUT2D eigenvalue weighted by atomic mass is 35.5. The number of nitrogens with zero attached hydrogens (tertiary/aromatic N) is 1. The number of likely N-dealkylation sites (tertiary alicyclic amines) is 1. The highest BCUT2D eigenvalue weighted by Crippen LogP contribution is 2.29. The van der Waals surface area contributed by atoms with Crippen molar-refractivity contribution in [1.29, 1.82) is 0 Å². The molecule has 1 aliphatic rings. The van der Waals surface area contributed by atoms with Crippen molar-refractivity contribution in [2.24, 2.45) is 0 Å². The first kappa shape index (κ1) is 22.9. The molecule has 3 aromatic rings. The summed E-state index contributed by atoms with van der Waals surface area (Å²) in [5.74, 6) is 0.743. The zero-order valence-electron chi connectivity index (χ0n) is 17.7. The Morgan fingerprint density at radius 1 is 1.09 bits per heavy atom. The Hall–Kier alpha value is -3.30. The molecule has 0 bridgehead atoms. The van der Waals surface area contributed by atoms with Crippen LogP contribution in [0.4, 0.5) is 4.79 Å². The predicted molar refractivity (Wildman–Crippen MR) is 124 cm³/mol. The lowest BCUT2D eigenvalue weighted by Gasteiger charge is -2.18. The fourth-order valence-corrected chi connectivity index (χ4v) is 4.30. The molecule has 172 valence electrons. The molecule has 1 atom stereocenters. The van der Waals surface area contributed by atoms with Crippen molar-refractivity contribution >= 4 is 27.5 Å². The van der Waals surface area contributed by atoms with Crippen molar-refractivity contribution in [3.63, 3.8) is 0 Å². The SMILES string of the molecule is CS(=O)(=O)c1ccc(-c2c(OC3CCN(C(=O)Oc4ccc(Cl)cc4)C3)cc[nH]c2=O)cc1. The molecule has 1 amide bonds. The van der Waals surface area contributed by atoms with Gasteiger partial charge in [-0.05, 0) is 48.0 Å². The second-order valence-electron chi connectivity index (χ2n) is 7.64. The van der Waals surface area contributed by atoms with Crippen LogP contribution in [0.1, 0.15) is 6.42 Å². The smallest absolute Gasteiger partial charge is 0.415 e. The van der Waals surface area contributed by atoms with Crippen molar-refractivity contribution in [1.82, 2.24) is 9.88 Å². The monoisotopic (exact) mass is 488 g/mol. The summed E-state index contributed by atoms with van der Waals surface area (Å²) < 4.78 is 34.9. The second kappa shape index (κ2) is 9.29. The van der Waals surface area contributed by atoms with E-state index in [0.29, 0.717) is 47.2 Å². The number of pyridine rings is 1. The summed E-state index contributed by atoms with van der Waals surface area (Å²) >= 11 is 5.85. The predicted octanol–water partition coefficient (Wildman–Crippen LogP) is 3.75. The molecular formula is C23H21ClN2O6S. The van der Waals surface area contributed by atoms with Gasteiger partial charge < -0.3 is 19.4 Å². The van der Waals surface area contributed by atoms with Gasteiger partial charge in [0.2, 0.25) is 0 Å². The van der Waals surface area contributed by atoms with Crippen LogP contribution in [0, 0.1) is 0 Å². The Bertz CT molecular complexity index is 1320. The molecule has 1 aromatic heterocycles. The first-order valence-electron chi connectivity index (χ1n) is 10.1. The highest BCUT2D eigenvalue weighted by Gasteiger charge is 2.30. The number of carbonyl (C=O) groups is 1. The summed E-state index contributed by atoms with van der Waals surface area (Å²) in [6.07, 6.45) is 2.34. The first-order chi connectivity index (χ1) is 15.7. The van der Waals surface area contributed by atoms with Crippen LogP contribution >= 0.6 is 11.6 Å². The molecule has 1 fully saturated rings. The minimum atomic E-state index is -3.35. The molecule has 1 saturated heterocycles. The summed E-state index contributed by atoms with van der Waals surface area (Å²) in [6.45, 7) is 0.740. The van der Waals surface area contributed by atoms with E-state index in [1.54, 1.807) is 42.5 Å². The van der Waals surface area contributed by atoms with E-state index in [9.17, 15) is 18.0 Å². The molecule has 33 heavy (non-hydrogen) atoms. The summed E-state index contributed by atoms with van der Waals surface area (Å²) in [5, 5.41) is 0.545. The molecular weight excluding hydrogens is 468 g/mol. The van der Waals surface area contributed by atoms with Gasteiger partial charge in [0.15, 0.2) is 9.84 Å². The molecule has 8 nitrogen and oxygen atoms in total. The number of aromatic nitrogens is 1. The molecule has 2 heterocycles. The largest absolute Gasteiger partial charge is 0.488 e. The summed E-state index contributed by atoms with van der Waals surface area (Å²) in [6, 6.07) is 14.2. The number of hydrogen-bond donors (Lipinski definition) is 1. The van der Waals surface area contributed by atoms with Gasteiger partial charge in [-0.2, -0.15) is 0 Å². The number of ether oxygens (including phenoxy) is 2. The molecule has 2 aromatic carbocycles. The number of halogens is 1. The lowest BCUT2D eigenvalue weighted by molar-refractivity contribution is 0.152. The van der Waals surface area contributed by atoms with Crippen molar-refractivity contribution in [3.05, 3.63) is 76.2 Å². The number of rotatable bonds is 5. The van der Waals surface area contributed by atoms with Gasteiger partial charge in [0, 0.05) is 30.4 Å². The van der Waals surface area contributed by atoms with Crippen LogP contribution < -0.4 is 15.0 Å². The number of nitrogens with one attached hydrogen (secondary N) is 1. The lowest BCUT2D eigenvalue weighted by Crippen LogP contribution is -2.33. The fourth-order valence-electron chi connectivity index (χ4n) is 3.54. The average molecular weight is 489 g/mol. The molecule has 1 N–H and O–H groups in total. The highest BCUT2D eigenvalue weighted by molar-refractivity contribution is 7.90. The van der Waals surface area contributed by atoms with Crippen LogP contribution in [0.3, 0.4) is 0 Å². The maximum Gasteiger partial charge on any atom is 0.415 e. The molecule has 1 unspecified atom stereocenters. The quantitative estimate of drug-likeness (QED) is 0.586. The standard InChI is InChI=1S/C23H21ClN2O6S/c1-33(29,30)19-8-2-15(3-9-19)21-20(10-12-25-22(21)27)31-18-11-13-26(14-18)23(28)32-17-6-4-16(24)5-7-17/h2-10,12,18H,11,13-14H2,1H3,(H,25,27). The van der Waals surface area contributed by atoms with Gasteiger partial charge in [-0.3, -0.25) is 4.79 Å². The zero-order valence-corrected chi connectivity index (χ0v) is 19.2. The third kappa shape index (κ3) is 5.37. The molecule has 0 radical (unpaired) electrons. The Balaban J connectivity index is 1.48. The number of amides is 1. The molecule has 0 spiro atoms. The van der Waals surface area contributed by atoms with E-state index in [-0.39, 0.29) is 16.6 Å². The van der Waals surface area contributed by atoms with E-state index in [1.807, 2.05) is 0 Å². The third-order valence-corrected chi connectivity index (χ3v) is 6.59. The van der Waals surface area contributed by atoms with Gasteiger partial charge in [0.25, 0.3) is 5.56 Å². The van der Waals surface area contributed by atoms with Crippen molar-refractivity contribution in [2.45, 2.75) is 17.4 Å². The Labute approximate surface area is 195 Å². The molecule has 0 saturated carbocycles. The Morgan fingerprint density at radius 2 is 1.79 bits per heavy atom. The summed E-state index contributed by atoms with van der Waals surface area (Å²) in [7, 11) is -3.35. The normalized spacial score (nSPS) is 15.9. The van der Waals surface area contributed by atoms with Crippen LogP contribution in [0.5, 0.6) is 11.5 Å². The van der Waals surface area contributed by atoms with E-state index >= 15 is 0 Å². The van der Waals surface area contributed by atoms with E-state index in [0.717, 1.165) is 6.26 Å². The number of H-pyrrole nitrogens is 1. The number of hydrogen-bond acceptors (Lipinski definition) is 6. The van der Waals surface area contributed by atoms with Crippen molar-refractivity contribution in [2.75, 3.05) is 19.3 Å². The van der Waals surface area contributed by atoms with Crippen LogP contribution in [0.15, 0.2) is 70.5 Å². The minimum Gasteiger partial charge on any atom is -0.488 e. The minimum absolute atomic E-state index is 0.159. The summed E-state index contributed by atoms with van der Waals surface area (Å²) in [5.41, 5.74) is 0.451. The van der Waals surface area contributed by atoms with Gasteiger partial charge in [0.05, 0.1) is 17.0 Å². The Morgan fingerprint density at radius 3 is 2.45 bits per heavy atom. The molecule has 4 rings (SSSR count). The number of aromatic amines is 1. The van der Waals surface area contributed by atoms with Crippen LogP contribution in [0.2, 0.25) is 5.02 Å². The van der Waals surface area contributed by atoms with Gasteiger partial charge >= 0.3 is 6.09 Å². The Kier molecular flexibility index (Phi) is 6.44. The summed E-state index contributed by atoms with van der Waals surface area (Å²) in [4.78, 5) is 29.3. The number of carbonyl (C=O) groups excluding carboxylic acids is 1. The third-order valence-electron chi connectivity index (χ3n) is 5.21.